The zero-order chi connectivity index (χ0) is 18.3. The molecule has 0 radical (unpaired) electrons. The first-order valence-electron chi connectivity index (χ1n) is 9.69. The van der Waals surface area contributed by atoms with Crippen LogP contribution in [0.1, 0.15) is 47.3 Å². The molecule has 1 saturated carbocycles. The van der Waals surface area contributed by atoms with Gasteiger partial charge in [-0.1, -0.05) is 0 Å². The number of aryl methyl sites for hydroxylation is 2. The second-order valence-electron chi connectivity index (χ2n) is 7.91. The number of H-pyrrole nitrogens is 1. The highest BCUT2D eigenvalue weighted by molar-refractivity contribution is 5.99. The maximum Gasteiger partial charge on any atom is 0.253 e. The van der Waals surface area contributed by atoms with Gasteiger partial charge in [0.05, 0.1) is 5.92 Å². The summed E-state index contributed by atoms with van der Waals surface area (Å²) in [6.45, 7) is 6.18. The smallest absolute Gasteiger partial charge is 0.253 e. The molecule has 2 fully saturated rings. The van der Waals surface area contributed by atoms with Crippen LogP contribution in [0.5, 0.6) is 0 Å². The molecule has 1 saturated heterocycles. The van der Waals surface area contributed by atoms with Crippen molar-refractivity contribution in [2.75, 3.05) is 19.6 Å². The lowest BCUT2D eigenvalue weighted by Crippen LogP contribution is -2.45. The van der Waals surface area contributed by atoms with Crippen LogP contribution in [0.25, 0.3) is 10.9 Å². The number of amides is 2. The minimum atomic E-state index is -0.0774. The van der Waals surface area contributed by atoms with Crippen molar-refractivity contribution >= 4 is 22.7 Å². The predicted octanol–water partition coefficient (Wildman–Crippen LogP) is 3.16. The Bertz CT molecular complexity index is 850. The van der Waals surface area contributed by atoms with Gasteiger partial charge in [0.2, 0.25) is 5.91 Å². The Kier molecular flexibility index (Phi) is 4.47. The van der Waals surface area contributed by atoms with Gasteiger partial charge in [-0.15, -0.1) is 0 Å². The topological polar surface area (TPSA) is 65.2 Å². The third kappa shape index (κ3) is 3.35. The van der Waals surface area contributed by atoms with Gasteiger partial charge in [-0.2, -0.15) is 0 Å². The predicted molar refractivity (Wildman–Crippen MR) is 102 cm³/mol. The normalized spacial score (nSPS) is 20.4. The Hall–Kier alpha value is -2.30. The fraction of sp³-hybridized carbons (Fsp3) is 0.524. The zero-order valence-corrected chi connectivity index (χ0v) is 15.6. The zero-order valence-electron chi connectivity index (χ0n) is 15.6. The lowest BCUT2D eigenvalue weighted by atomic mass is 9.96. The van der Waals surface area contributed by atoms with Crippen LogP contribution in [0.4, 0.5) is 0 Å². The van der Waals surface area contributed by atoms with Gasteiger partial charge in [0, 0.05) is 41.8 Å². The summed E-state index contributed by atoms with van der Waals surface area (Å²) in [6.07, 6.45) is 4.22. The largest absolute Gasteiger partial charge is 0.358 e. The maximum absolute atomic E-state index is 13.0. The molecule has 1 atom stereocenters. The molecule has 5 nitrogen and oxygen atoms in total. The summed E-state index contributed by atoms with van der Waals surface area (Å²) in [4.78, 5) is 30.6. The van der Waals surface area contributed by atoms with E-state index in [0.717, 1.165) is 42.5 Å². The van der Waals surface area contributed by atoms with Crippen LogP contribution in [-0.2, 0) is 4.79 Å². The number of nitrogens with zero attached hydrogens (tertiary/aromatic N) is 1. The van der Waals surface area contributed by atoms with E-state index in [4.69, 9.17) is 0 Å². The molecule has 2 N–H and O–H groups in total. The summed E-state index contributed by atoms with van der Waals surface area (Å²) in [5, 5.41) is 4.17. The number of hydrogen-bond acceptors (Lipinski definition) is 2. The summed E-state index contributed by atoms with van der Waals surface area (Å²) in [6, 6.07) is 5.84. The lowest BCUT2D eigenvalue weighted by molar-refractivity contribution is -0.126. The number of hydrogen-bond donors (Lipinski definition) is 2. The van der Waals surface area contributed by atoms with E-state index in [1.54, 1.807) is 0 Å². The van der Waals surface area contributed by atoms with Gasteiger partial charge in [0.25, 0.3) is 5.91 Å². The van der Waals surface area contributed by atoms with Crippen molar-refractivity contribution < 1.29 is 9.59 Å². The molecule has 4 rings (SSSR count). The number of aromatic nitrogens is 1. The van der Waals surface area contributed by atoms with Crippen molar-refractivity contribution in [3.8, 4) is 0 Å². The maximum atomic E-state index is 13.0. The third-order valence-corrected chi connectivity index (χ3v) is 5.90. The average molecular weight is 353 g/mol. The minimum Gasteiger partial charge on any atom is -0.358 e. The number of carbonyl (C=O) groups is 2. The summed E-state index contributed by atoms with van der Waals surface area (Å²) >= 11 is 0. The molecule has 1 aliphatic heterocycles. The van der Waals surface area contributed by atoms with Gasteiger partial charge < -0.3 is 15.2 Å². The number of nitrogens with one attached hydrogen (secondary N) is 2. The molecule has 1 aromatic heterocycles. The molecule has 138 valence electrons. The highest BCUT2D eigenvalue weighted by Crippen LogP contribution is 2.28. The highest BCUT2D eigenvalue weighted by atomic mass is 16.2. The van der Waals surface area contributed by atoms with Crippen molar-refractivity contribution in [2.24, 2.45) is 11.8 Å². The first-order valence-corrected chi connectivity index (χ1v) is 9.69. The Labute approximate surface area is 154 Å². The van der Waals surface area contributed by atoms with Crippen molar-refractivity contribution in [1.29, 1.82) is 0 Å². The average Bonchev–Trinajstić information content (AvgIpc) is 3.45. The van der Waals surface area contributed by atoms with Gasteiger partial charge in [-0.25, -0.2) is 0 Å². The highest BCUT2D eigenvalue weighted by Gasteiger charge is 2.30. The molecule has 1 aliphatic carbocycles. The summed E-state index contributed by atoms with van der Waals surface area (Å²) in [7, 11) is 0. The molecule has 0 spiro atoms. The van der Waals surface area contributed by atoms with Crippen LogP contribution in [0.2, 0.25) is 0 Å². The third-order valence-electron chi connectivity index (χ3n) is 5.90. The van der Waals surface area contributed by atoms with Crippen LogP contribution < -0.4 is 5.32 Å². The van der Waals surface area contributed by atoms with Gasteiger partial charge in [-0.3, -0.25) is 9.59 Å². The summed E-state index contributed by atoms with van der Waals surface area (Å²) in [5.41, 5.74) is 4.09. The standard InChI is InChI=1S/C21H27N3O2/c1-13-14(2)23-19-8-7-16(10-18(13)19)21(26)24-9-3-4-17(12-24)20(25)22-11-15-5-6-15/h7-8,10,15,17,23H,3-6,9,11-12H2,1-2H3,(H,22,25). The quantitative estimate of drug-likeness (QED) is 0.887. The van der Waals surface area contributed by atoms with E-state index in [2.05, 4.69) is 17.2 Å². The SMILES string of the molecule is Cc1[nH]c2ccc(C(=O)N3CCCC(C(=O)NCC4CC4)C3)cc2c1C. The molecular formula is C21H27N3O2. The van der Waals surface area contributed by atoms with Crippen LogP contribution in [-0.4, -0.2) is 41.3 Å². The van der Waals surface area contributed by atoms with Crippen molar-refractivity contribution in [3.63, 3.8) is 0 Å². The summed E-state index contributed by atoms with van der Waals surface area (Å²) in [5.74, 6) is 0.748. The Morgan fingerprint density at radius 2 is 2.04 bits per heavy atom. The summed E-state index contributed by atoms with van der Waals surface area (Å²) < 4.78 is 0. The monoisotopic (exact) mass is 353 g/mol. The van der Waals surface area contributed by atoms with Crippen LogP contribution in [0.3, 0.4) is 0 Å². The van der Waals surface area contributed by atoms with E-state index < -0.39 is 0 Å². The number of fused-ring (bicyclic) bond motifs is 1. The molecule has 2 aromatic rings. The van der Waals surface area contributed by atoms with Crippen molar-refractivity contribution in [3.05, 3.63) is 35.0 Å². The van der Waals surface area contributed by atoms with Crippen LogP contribution in [0, 0.1) is 25.7 Å². The molecule has 26 heavy (non-hydrogen) atoms. The van der Waals surface area contributed by atoms with E-state index >= 15 is 0 Å². The fourth-order valence-corrected chi connectivity index (χ4v) is 3.86. The van der Waals surface area contributed by atoms with E-state index in [-0.39, 0.29) is 17.7 Å². The van der Waals surface area contributed by atoms with Crippen LogP contribution >= 0.6 is 0 Å². The molecule has 1 aromatic carbocycles. The number of benzene rings is 1. The van der Waals surface area contributed by atoms with E-state index in [0.29, 0.717) is 18.0 Å². The number of piperidine rings is 1. The first-order chi connectivity index (χ1) is 12.5. The number of aromatic amines is 1. The Balaban J connectivity index is 1.46. The Morgan fingerprint density at radius 3 is 2.81 bits per heavy atom. The van der Waals surface area contributed by atoms with Gasteiger partial charge in [-0.05, 0) is 69.2 Å². The molecule has 2 heterocycles. The molecule has 5 heteroatoms. The van der Waals surface area contributed by atoms with Crippen LogP contribution in [0.15, 0.2) is 18.2 Å². The second-order valence-corrected chi connectivity index (χ2v) is 7.91. The second kappa shape index (κ2) is 6.78. The van der Waals surface area contributed by atoms with Gasteiger partial charge in [0.15, 0.2) is 0 Å². The van der Waals surface area contributed by atoms with Gasteiger partial charge >= 0.3 is 0 Å². The number of rotatable bonds is 4. The minimum absolute atomic E-state index is 0.0323. The Morgan fingerprint density at radius 1 is 1.23 bits per heavy atom. The van der Waals surface area contributed by atoms with E-state index in [1.807, 2.05) is 30.0 Å². The molecule has 0 bridgehead atoms. The van der Waals surface area contributed by atoms with E-state index in [9.17, 15) is 9.59 Å². The molecular weight excluding hydrogens is 326 g/mol. The molecule has 2 aliphatic rings. The number of carbonyl (C=O) groups excluding carboxylic acids is 2. The molecule has 1 unspecified atom stereocenters. The molecule has 2 amide bonds. The fourth-order valence-electron chi connectivity index (χ4n) is 3.86. The lowest BCUT2D eigenvalue weighted by Gasteiger charge is -2.32. The van der Waals surface area contributed by atoms with Gasteiger partial charge in [0.1, 0.15) is 0 Å². The van der Waals surface area contributed by atoms with Crippen molar-refractivity contribution in [1.82, 2.24) is 15.2 Å². The van der Waals surface area contributed by atoms with Crippen molar-refractivity contribution in [2.45, 2.75) is 39.5 Å². The number of likely N-dealkylation sites (tertiary alicyclic amines) is 1. The first kappa shape index (κ1) is 17.1. The van der Waals surface area contributed by atoms with E-state index in [1.165, 1.54) is 18.4 Å².